The number of aliphatic imine (C=N–C) groups is 1. The molecular formula is C10H13N3S. The number of hydrogen-bond donors (Lipinski definition) is 1. The van der Waals surface area contributed by atoms with Gasteiger partial charge in [0, 0.05) is 11.1 Å². The Morgan fingerprint density at radius 1 is 1.64 bits per heavy atom. The van der Waals surface area contributed by atoms with Crippen LogP contribution in [0.15, 0.2) is 23.3 Å². The summed E-state index contributed by atoms with van der Waals surface area (Å²) in [6, 6.07) is 0. The van der Waals surface area contributed by atoms with Gasteiger partial charge in [-0.15, -0.1) is 11.3 Å². The molecule has 0 radical (unpaired) electrons. The van der Waals surface area contributed by atoms with E-state index in [1.165, 1.54) is 11.3 Å². The van der Waals surface area contributed by atoms with Crippen molar-refractivity contribution in [2.45, 2.75) is 13.8 Å². The van der Waals surface area contributed by atoms with Gasteiger partial charge in [0.05, 0.1) is 5.69 Å². The Bertz CT molecular complexity index is 388. The zero-order chi connectivity index (χ0) is 10.6. The summed E-state index contributed by atoms with van der Waals surface area (Å²) in [5.41, 5.74) is 7.56. The number of thiazole rings is 1. The van der Waals surface area contributed by atoms with Crippen molar-refractivity contribution in [1.82, 2.24) is 4.98 Å². The number of allylic oxidation sites excluding steroid dienone is 3. The molecule has 2 N–H and O–H groups in total. The lowest BCUT2D eigenvalue weighted by Gasteiger charge is -1.96. The Morgan fingerprint density at radius 3 is 2.79 bits per heavy atom. The highest BCUT2D eigenvalue weighted by molar-refractivity contribution is 7.15. The predicted octanol–water partition coefficient (Wildman–Crippen LogP) is 2.65. The maximum atomic E-state index is 5.62. The number of hydrogen-bond acceptors (Lipinski definition) is 4. The summed E-state index contributed by atoms with van der Waals surface area (Å²) in [6.07, 6.45) is 5.49. The van der Waals surface area contributed by atoms with Crippen LogP contribution in [-0.2, 0) is 0 Å². The smallest absolute Gasteiger partial charge is 0.180 e. The van der Waals surface area contributed by atoms with Crippen LogP contribution in [0.1, 0.15) is 17.5 Å². The number of nitrogens with two attached hydrogens (primary N) is 1. The quantitative estimate of drug-likeness (QED) is 0.612. The molecule has 14 heavy (non-hydrogen) atoms. The molecule has 1 rings (SSSR count). The fourth-order valence-corrected chi connectivity index (χ4v) is 1.84. The summed E-state index contributed by atoms with van der Waals surface area (Å²) in [5.74, 6) is 0. The van der Waals surface area contributed by atoms with Gasteiger partial charge in [0.25, 0.3) is 0 Å². The Hall–Kier alpha value is -1.42. The average Bonchev–Trinajstić information content (AvgIpc) is 2.47. The SMILES string of the molecule is C=N/C=C\C(=C/C)c1nc(N)sc1C. The fourth-order valence-electron chi connectivity index (χ4n) is 1.13. The van der Waals surface area contributed by atoms with Crippen LogP contribution in [0.4, 0.5) is 5.13 Å². The minimum absolute atomic E-state index is 0.594. The second-order valence-electron chi connectivity index (χ2n) is 2.70. The van der Waals surface area contributed by atoms with Crippen molar-refractivity contribution in [2.75, 3.05) is 5.73 Å². The van der Waals surface area contributed by atoms with Crippen molar-refractivity contribution < 1.29 is 0 Å². The van der Waals surface area contributed by atoms with E-state index in [0.717, 1.165) is 16.1 Å². The third kappa shape index (κ3) is 2.29. The van der Waals surface area contributed by atoms with Gasteiger partial charge in [0.15, 0.2) is 5.13 Å². The molecule has 4 heteroatoms. The summed E-state index contributed by atoms with van der Waals surface area (Å²) < 4.78 is 0. The van der Waals surface area contributed by atoms with Crippen LogP contribution < -0.4 is 5.73 Å². The van der Waals surface area contributed by atoms with Gasteiger partial charge in [-0.1, -0.05) is 6.08 Å². The van der Waals surface area contributed by atoms with Crippen molar-refractivity contribution in [3.63, 3.8) is 0 Å². The molecule has 0 saturated carbocycles. The van der Waals surface area contributed by atoms with Gasteiger partial charge >= 0.3 is 0 Å². The van der Waals surface area contributed by atoms with E-state index >= 15 is 0 Å². The molecule has 0 aliphatic carbocycles. The number of aryl methyl sites for hydroxylation is 1. The largest absolute Gasteiger partial charge is 0.375 e. The van der Waals surface area contributed by atoms with Gasteiger partial charge in [-0.2, -0.15) is 0 Å². The van der Waals surface area contributed by atoms with Crippen molar-refractivity contribution in [3.05, 3.63) is 28.9 Å². The highest BCUT2D eigenvalue weighted by atomic mass is 32.1. The molecule has 1 heterocycles. The number of nitrogens with zero attached hydrogens (tertiary/aromatic N) is 2. The van der Waals surface area contributed by atoms with Crippen molar-refractivity contribution >= 4 is 28.8 Å². The Morgan fingerprint density at radius 2 is 2.36 bits per heavy atom. The summed E-state index contributed by atoms with van der Waals surface area (Å²) in [7, 11) is 0. The van der Waals surface area contributed by atoms with Crippen molar-refractivity contribution in [2.24, 2.45) is 4.99 Å². The highest BCUT2D eigenvalue weighted by Gasteiger charge is 2.07. The average molecular weight is 207 g/mol. The van der Waals surface area contributed by atoms with E-state index in [9.17, 15) is 0 Å². The number of nitrogen functional groups attached to an aromatic ring is 1. The molecule has 1 aromatic heterocycles. The fraction of sp³-hybridized carbons (Fsp3) is 0.200. The zero-order valence-electron chi connectivity index (χ0n) is 8.32. The first-order valence-corrected chi connectivity index (χ1v) is 5.02. The van der Waals surface area contributed by atoms with Crippen LogP contribution in [0.25, 0.3) is 5.57 Å². The first kappa shape index (κ1) is 10.7. The molecule has 0 fully saturated rings. The molecule has 3 nitrogen and oxygen atoms in total. The van der Waals surface area contributed by atoms with E-state index in [-0.39, 0.29) is 0 Å². The molecule has 0 bridgehead atoms. The zero-order valence-corrected chi connectivity index (χ0v) is 9.14. The molecule has 0 atom stereocenters. The lowest BCUT2D eigenvalue weighted by Crippen LogP contribution is -1.86. The molecule has 0 spiro atoms. The van der Waals surface area contributed by atoms with E-state index in [1.54, 1.807) is 6.20 Å². The van der Waals surface area contributed by atoms with Crippen LogP contribution in [0.3, 0.4) is 0 Å². The van der Waals surface area contributed by atoms with Gasteiger partial charge in [-0.3, -0.25) is 4.99 Å². The molecule has 0 saturated heterocycles. The number of aromatic nitrogens is 1. The van der Waals surface area contributed by atoms with Crippen LogP contribution in [-0.4, -0.2) is 11.7 Å². The maximum absolute atomic E-state index is 5.62. The van der Waals surface area contributed by atoms with Gasteiger partial charge in [0.1, 0.15) is 0 Å². The van der Waals surface area contributed by atoms with Crippen LogP contribution in [0.2, 0.25) is 0 Å². The van der Waals surface area contributed by atoms with Crippen LogP contribution in [0, 0.1) is 6.92 Å². The molecule has 0 unspecified atom stereocenters. The van der Waals surface area contributed by atoms with E-state index in [4.69, 9.17) is 5.73 Å². The molecule has 0 aliphatic rings. The predicted molar refractivity (Wildman–Crippen MR) is 63.6 cm³/mol. The first-order chi connectivity index (χ1) is 6.69. The third-order valence-corrected chi connectivity index (χ3v) is 2.56. The Balaban J connectivity index is 3.07. The Labute approximate surface area is 87.7 Å². The highest BCUT2D eigenvalue weighted by Crippen LogP contribution is 2.26. The number of rotatable bonds is 3. The third-order valence-electron chi connectivity index (χ3n) is 1.76. The van der Waals surface area contributed by atoms with Crippen LogP contribution in [0.5, 0.6) is 0 Å². The molecular weight excluding hydrogens is 194 g/mol. The van der Waals surface area contributed by atoms with E-state index < -0.39 is 0 Å². The first-order valence-electron chi connectivity index (χ1n) is 4.21. The summed E-state index contributed by atoms with van der Waals surface area (Å²) in [4.78, 5) is 9.02. The minimum Gasteiger partial charge on any atom is -0.375 e. The van der Waals surface area contributed by atoms with E-state index in [0.29, 0.717) is 5.13 Å². The normalized spacial score (nSPS) is 12.3. The lowest BCUT2D eigenvalue weighted by molar-refractivity contribution is 1.32. The van der Waals surface area contributed by atoms with Gasteiger partial charge in [-0.05, 0) is 32.2 Å². The van der Waals surface area contributed by atoms with Crippen molar-refractivity contribution in [3.8, 4) is 0 Å². The minimum atomic E-state index is 0.594. The number of anilines is 1. The second-order valence-corrected chi connectivity index (χ2v) is 3.93. The molecule has 1 aromatic rings. The second kappa shape index (κ2) is 4.72. The summed E-state index contributed by atoms with van der Waals surface area (Å²) in [5, 5.41) is 0.594. The summed E-state index contributed by atoms with van der Waals surface area (Å²) in [6.45, 7) is 7.34. The van der Waals surface area contributed by atoms with E-state index in [2.05, 4.69) is 16.7 Å². The van der Waals surface area contributed by atoms with Gasteiger partial charge in [-0.25, -0.2) is 4.98 Å². The van der Waals surface area contributed by atoms with Crippen molar-refractivity contribution in [1.29, 1.82) is 0 Å². The van der Waals surface area contributed by atoms with Gasteiger partial charge in [0.2, 0.25) is 0 Å². The lowest BCUT2D eigenvalue weighted by atomic mass is 10.1. The molecule has 0 amide bonds. The standard InChI is InChI=1S/C10H13N3S/c1-4-8(5-6-12-3)9-7(2)14-10(11)13-9/h4-6H,3H2,1-2H3,(H2,11,13)/b6-5-,8-4+. The monoisotopic (exact) mass is 207 g/mol. The molecule has 0 aliphatic heterocycles. The topological polar surface area (TPSA) is 51.3 Å². The van der Waals surface area contributed by atoms with Gasteiger partial charge < -0.3 is 5.73 Å². The maximum Gasteiger partial charge on any atom is 0.180 e. The van der Waals surface area contributed by atoms with Crippen LogP contribution >= 0.6 is 11.3 Å². The van der Waals surface area contributed by atoms with E-state index in [1.807, 2.05) is 26.0 Å². The molecule has 0 aromatic carbocycles. The molecule has 74 valence electrons. The Kier molecular flexibility index (Phi) is 3.59. The summed E-state index contributed by atoms with van der Waals surface area (Å²) >= 11 is 1.49.